The lowest BCUT2D eigenvalue weighted by molar-refractivity contribution is -0.125. The minimum Gasteiger partial charge on any atom is -0.383 e. The first-order valence-electron chi connectivity index (χ1n) is 11.4. The highest BCUT2D eigenvalue weighted by Gasteiger charge is 2.45. The number of hydrogen-bond acceptors (Lipinski definition) is 5. The molecule has 1 aromatic heterocycles. The number of anilines is 1. The molecule has 2 heterocycles. The van der Waals surface area contributed by atoms with Crippen LogP contribution in [0.15, 0.2) is 36.5 Å². The summed E-state index contributed by atoms with van der Waals surface area (Å²) in [4.78, 5) is 27.5. The second-order valence-corrected chi connectivity index (χ2v) is 9.34. The largest absolute Gasteiger partial charge is 0.383 e. The molecule has 1 aliphatic carbocycles. The van der Waals surface area contributed by atoms with Crippen LogP contribution < -0.4 is 10.6 Å². The number of amides is 3. The van der Waals surface area contributed by atoms with Crippen LogP contribution in [0.5, 0.6) is 0 Å². The Balaban J connectivity index is 1.39. The fourth-order valence-corrected chi connectivity index (χ4v) is 4.25. The Morgan fingerprint density at radius 3 is 2.69 bits per heavy atom. The van der Waals surface area contributed by atoms with Gasteiger partial charge in [-0.2, -0.15) is 0 Å². The Bertz CT molecular complexity index is 940. The van der Waals surface area contributed by atoms with Gasteiger partial charge >= 0.3 is 6.03 Å². The van der Waals surface area contributed by atoms with Crippen molar-refractivity contribution in [1.82, 2.24) is 25.2 Å². The number of nitrogens with zero attached hydrogens (tertiary/aromatic N) is 4. The van der Waals surface area contributed by atoms with E-state index in [1.807, 2.05) is 30.3 Å². The number of aromatic nitrogens is 3. The molecule has 1 aliphatic heterocycles. The molecule has 1 unspecified atom stereocenters. The number of carbonyl (C=O) groups excluding carboxylic acids is 2. The van der Waals surface area contributed by atoms with Gasteiger partial charge in [0.2, 0.25) is 5.91 Å². The van der Waals surface area contributed by atoms with Crippen molar-refractivity contribution in [3.63, 3.8) is 0 Å². The number of carbonyl (C=O) groups is 2. The molecule has 2 aliphatic rings. The monoisotopic (exact) mass is 440 g/mol. The molecule has 0 radical (unpaired) electrons. The van der Waals surface area contributed by atoms with E-state index in [9.17, 15) is 14.7 Å². The third-order valence-corrected chi connectivity index (χ3v) is 6.09. The van der Waals surface area contributed by atoms with Crippen LogP contribution in [0.25, 0.3) is 0 Å². The van der Waals surface area contributed by atoms with Crippen molar-refractivity contribution in [3.05, 3.63) is 42.2 Å². The van der Waals surface area contributed by atoms with Gasteiger partial charge in [0.15, 0.2) is 0 Å². The van der Waals surface area contributed by atoms with Gasteiger partial charge in [-0.05, 0) is 50.2 Å². The van der Waals surface area contributed by atoms with Gasteiger partial charge in [0.1, 0.15) is 17.3 Å². The fourth-order valence-electron chi connectivity index (χ4n) is 4.25. The van der Waals surface area contributed by atoms with Crippen LogP contribution >= 0.6 is 0 Å². The summed E-state index contributed by atoms with van der Waals surface area (Å²) >= 11 is 0. The average molecular weight is 441 g/mol. The van der Waals surface area contributed by atoms with E-state index < -0.39 is 11.6 Å². The van der Waals surface area contributed by atoms with Gasteiger partial charge in [-0.25, -0.2) is 4.79 Å². The number of aliphatic hydroxyl groups is 1. The highest BCUT2D eigenvalue weighted by atomic mass is 16.3. The SMILES string of the molecule is CC(C)C[C@@H](Cn1cc(C2(O)CC2)nn1)NC(=O)C1CCCN1C(=O)Nc1ccccc1. The summed E-state index contributed by atoms with van der Waals surface area (Å²) in [6, 6.07) is 8.36. The molecular weight excluding hydrogens is 408 g/mol. The lowest BCUT2D eigenvalue weighted by atomic mass is 10.0. The van der Waals surface area contributed by atoms with E-state index in [1.54, 1.807) is 15.8 Å². The summed E-state index contributed by atoms with van der Waals surface area (Å²) in [5.74, 6) is 0.231. The van der Waals surface area contributed by atoms with Crippen molar-refractivity contribution >= 4 is 17.6 Å². The number of nitrogens with one attached hydrogen (secondary N) is 2. The van der Waals surface area contributed by atoms with Crippen molar-refractivity contribution in [1.29, 1.82) is 0 Å². The first-order chi connectivity index (χ1) is 15.3. The number of urea groups is 1. The molecule has 172 valence electrons. The molecule has 3 amide bonds. The number of hydrogen-bond donors (Lipinski definition) is 3. The van der Waals surface area contributed by atoms with Crippen LogP contribution in [0.3, 0.4) is 0 Å². The first kappa shape index (κ1) is 22.3. The van der Waals surface area contributed by atoms with Crippen LogP contribution in [0, 0.1) is 5.92 Å². The minimum absolute atomic E-state index is 0.141. The molecule has 32 heavy (non-hydrogen) atoms. The van der Waals surface area contributed by atoms with Crippen molar-refractivity contribution in [2.45, 2.75) is 70.2 Å². The standard InChI is InChI=1S/C23H32N6O3/c1-16(2)13-18(14-28-15-20(26-27-28)23(32)10-11-23)24-21(30)19-9-6-12-29(19)22(31)25-17-7-4-3-5-8-17/h3-5,7-8,15-16,18-19,32H,6,9-14H2,1-2H3,(H,24,30)(H,25,31)/t18-,19?/m0/s1. The predicted octanol–water partition coefficient (Wildman–Crippen LogP) is 2.49. The molecule has 1 aromatic carbocycles. The maximum atomic E-state index is 13.2. The molecular formula is C23H32N6O3. The Morgan fingerprint density at radius 1 is 1.25 bits per heavy atom. The molecule has 1 saturated heterocycles. The van der Waals surface area contributed by atoms with Crippen LogP contribution in [0.4, 0.5) is 10.5 Å². The van der Waals surface area contributed by atoms with E-state index in [-0.39, 0.29) is 18.0 Å². The number of benzene rings is 1. The van der Waals surface area contributed by atoms with E-state index in [0.29, 0.717) is 49.7 Å². The Morgan fingerprint density at radius 2 is 2.00 bits per heavy atom. The summed E-state index contributed by atoms with van der Waals surface area (Å²) in [6.45, 7) is 5.23. The second kappa shape index (κ2) is 9.28. The Hall–Kier alpha value is -2.94. The summed E-state index contributed by atoms with van der Waals surface area (Å²) in [5.41, 5.74) is 0.470. The van der Waals surface area contributed by atoms with Gasteiger partial charge in [-0.3, -0.25) is 9.48 Å². The Labute approximate surface area is 188 Å². The van der Waals surface area contributed by atoms with E-state index in [1.165, 1.54) is 0 Å². The fraction of sp³-hybridized carbons (Fsp3) is 0.565. The van der Waals surface area contributed by atoms with Crippen LogP contribution in [-0.4, -0.2) is 55.6 Å². The molecule has 4 rings (SSSR count). The van der Waals surface area contributed by atoms with Crippen molar-refractivity contribution < 1.29 is 14.7 Å². The van der Waals surface area contributed by atoms with Crippen molar-refractivity contribution in [2.75, 3.05) is 11.9 Å². The van der Waals surface area contributed by atoms with E-state index >= 15 is 0 Å². The van der Waals surface area contributed by atoms with Crippen LogP contribution in [0.2, 0.25) is 0 Å². The quantitative estimate of drug-likeness (QED) is 0.584. The summed E-state index contributed by atoms with van der Waals surface area (Å²) in [5, 5.41) is 24.5. The van der Waals surface area contributed by atoms with Crippen LogP contribution in [0.1, 0.15) is 51.6 Å². The van der Waals surface area contributed by atoms with Crippen molar-refractivity contribution in [2.24, 2.45) is 5.92 Å². The Kier molecular flexibility index (Phi) is 6.45. The topological polar surface area (TPSA) is 112 Å². The zero-order valence-electron chi connectivity index (χ0n) is 18.7. The summed E-state index contributed by atoms with van der Waals surface area (Å²) in [6.07, 6.45) is 5.39. The van der Waals surface area contributed by atoms with Gasteiger partial charge in [0, 0.05) is 18.3 Å². The van der Waals surface area contributed by atoms with Gasteiger partial charge in [0.05, 0.1) is 12.7 Å². The third-order valence-electron chi connectivity index (χ3n) is 6.09. The highest BCUT2D eigenvalue weighted by molar-refractivity contribution is 5.94. The molecule has 3 N–H and O–H groups in total. The summed E-state index contributed by atoms with van der Waals surface area (Å²) in [7, 11) is 0. The molecule has 2 atom stereocenters. The van der Waals surface area contributed by atoms with E-state index in [0.717, 1.165) is 12.8 Å². The molecule has 0 bridgehead atoms. The number of para-hydroxylation sites is 1. The molecule has 2 aromatic rings. The molecule has 1 saturated carbocycles. The summed E-state index contributed by atoms with van der Waals surface area (Å²) < 4.78 is 1.69. The molecule has 0 spiro atoms. The molecule has 9 heteroatoms. The predicted molar refractivity (Wildman–Crippen MR) is 120 cm³/mol. The normalized spacial score (nSPS) is 20.2. The molecule has 2 fully saturated rings. The van der Waals surface area contributed by atoms with Gasteiger partial charge in [-0.1, -0.05) is 37.3 Å². The third kappa shape index (κ3) is 5.27. The zero-order valence-corrected chi connectivity index (χ0v) is 18.7. The van der Waals surface area contributed by atoms with Crippen LogP contribution in [-0.2, 0) is 16.9 Å². The maximum absolute atomic E-state index is 13.2. The lowest BCUT2D eigenvalue weighted by Crippen LogP contribution is -2.51. The van der Waals surface area contributed by atoms with E-state index in [4.69, 9.17) is 0 Å². The van der Waals surface area contributed by atoms with Crippen molar-refractivity contribution in [3.8, 4) is 0 Å². The zero-order chi connectivity index (χ0) is 22.7. The number of likely N-dealkylation sites (tertiary alicyclic amines) is 1. The smallest absolute Gasteiger partial charge is 0.322 e. The van der Waals surface area contributed by atoms with E-state index in [2.05, 4.69) is 34.8 Å². The first-order valence-corrected chi connectivity index (χ1v) is 11.4. The molecule has 9 nitrogen and oxygen atoms in total. The maximum Gasteiger partial charge on any atom is 0.322 e. The minimum atomic E-state index is -0.828. The second-order valence-electron chi connectivity index (χ2n) is 9.34. The number of rotatable bonds is 8. The van der Waals surface area contributed by atoms with Gasteiger partial charge < -0.3 is 20.6 Å². The van der Waals surface area contributed by atoms with Gasteiger partial charge in [-0.15, -0.1) is 5.10 Å². The lowest BCUT2D eigenvalue weighted by Gasteiger charge is -2.27. The highest BCUT2D eigenvalue weighted by Crippen LogP contribution is 2.43. The van der Waals surface area contributed by atoms with Gasteiger partial charge in [0.25, 0.3) is 0 Å². The average Bonchev–Trinajstić information content (AvgIpc) is 3.16.